The molecule has 4 aliphatic carbocycles. The SMILES string of the molecule is O=C(CC(NC(=O)OCC1CCCCC1)C(=O)O)NC(C1CCCCC1)(C1CCCCC1)C1CCCCC1. The normalized spacial score (nSPS) is 23.9. The first-order valence-electron chi connectivity index (χ1n) is 16.0. The number of carbonyl (C=O) groups is 3. The van der Waals surface area contributed by atoms with Gasteiger partial charge in [-0.1, -0.05) is 77.0 Å². The highest BCUT2D eigenvalue weighted by atomic mass is 16.5. The maximum atomic E-state index is 13.7. The highest BCUT2D eigenvalue weighted by Crippen LogP contribution is 2.50. The van der Waals surface area contributed by atoms with Crippen LogP contribution in [0.15, 0.2) is 0 Å². The highest BCUT2D eigenvalue weighted by molar-refractivity contribution is 5.87. The molecule has 0 aromatic carbocycles. The lowest BCUT2D eigenvalue weighted by molar-refractivity contribution is -0.142. The van der Waals surface area contributed by atoms with Crippen molar-refractivity contribution in [1.82, 2.24) is 10.6 Å². The molecule has 1 unspecified atom stereocenters. The van der Waals surface area contributed by atoms with Crippen LogP contribution in [0, 0.1) is 23.7 Å². The second-order valence-corrected chi connectivity index (χ2v) is 12.8. The Morgan fingerprint density at radius 2 is 1.11 bits per heavy atom. The minimum atomic E-state index is -1.28. The summed E-state index contributed by atoms with van der Waals surface area (Å²) in [6, 6.07) is -1.28. The number of carbonyl (C=O) groups excluding carboxylic acids is 2. The van der Waals surface area contributed by atoms with Crippen molar-refractivity contribution in [3.63, 3.8) is 0 Å². The van der Waals surface area contributed by atoms with E-state index >= 15 is 0 Å². The fraction of sp³-hybridized carbons (Fsp3) is 0.903. The van der Waals surface area contributed by atoms with Gasteiger partial charge in [0.05, 0.1) is 13.0 Å². The van der Waals surface area contributed by atoms with Gasteiger partial charge in [0, 0.05) is 5.54 Å². The Labute approximate surface area is 229 Å². The zero-order chi connectivity index (χ0) is 26.8. The fourth-order valence-corrected chi connectivity index (χ4v) is 8.46. The molecular weight excluding hydrogens is 480 g/mol. The van der Waals surface area contributed by atoms with Crippen molar-refractivity contribution in [2.24, 2.45) is 23.7 Å². The van der Waals surface area contributed by atoms with Gasteiger partial charge in [0.2, 0.25) is 5.91 Å². The van der Waals surface area contributed by atoms with Crippen LogP contribution in [0.1, 0.15) is 135 Å². The molecule has 7 nitrogen and oxygen atoms in total. The summed E-state index contributed by atoms with van der Waals surface area (Å²) in [6.07, 6.45) is 22.7. The van der Waals surface area contributed by atoms with Crippen LogP contribution in [0.25, 0.3) is 0 Å². The Balaban J connectivity index is 1.46. The van der Waals surface area contributed by atoms with E-state index in [1.54, 1.807) is 0 Å². The van der Waals surface area contributed by atoms with Crippen molar-refractivity contribution >= 4 is 18.0 Å². The van der Waals surface area contributed by atoms with Crippen LogP contribution in [-0.4, -0.2) is 41.3 Å². The average molecular weight is 533 g/mol. The maximum absolute atomic E-state index is 13.7. The van der Waals surface area contributed by atoms with Crippen molar-refractivity contribution in [2.45, 2.75) is 146 Å². The summed E-state index contributed by atoms with van der Waals surface area (Å²) in [4.78, 5) is 38.3. The summed E-state index contributed by atoms with van der Waals surface area (Å²) in [6.45, 7) is 0.318. The van der Waals surface area contributed by atoms with Gasteiger partial charge in [-0.05, 0) is 75.0 Å². The van der Waals surface area contributed by atoms with Crippen LogP contribution in [0.3, 0.4) is 0 Å². The highest BCUT2D eigenvalue weighted by Gasteiger charge is 2.51. The molecule has 7 heteroatoms. The first kappa shape index (κ1) is 29.2. The number of alkyl carbamates (subject to hydrolysis) is 1. The number of carboxylic acids is 1. The zero-order valence-corrected chi connectivity index (χ0v) is 23.5. The lowest BCUT2D eigenvalue weighted by atomic mass is 9.56. The number of ether oxygens (including phenoxy) is 1. The molecule has 1 atom stereocenters. The third-order valence-electron chi connectivity index (χ3n) is 10.4. The van der Waals surface area contributed by atoms with Gasteiger partial charge in [-0.3, -0.25) is 4.79 Å². The van der Waals surface area contributed by atoms with E-state index in [9.17, 15) is 19.5 Å². The molecule has 0 aromatic heterocycles. The lowest BCUT2D eigenvalue weighted by Crippen LogP contribution is -2.64. The molecule has 3 N–H and O–H groups in total. The topological polar surface area (TPSA) is 105 Å². The molecule has 0 bridgehead atoms. The third-order valence-corrected chi connectivity index (χ3v) is 10.4. The molecular formula is C31H52N2O5. The summed E-state index contributed by atoms with van der Waals surface area (Å²) in [7, 11) is 0. The Kier molecular flexibility index (Phi) is 11.2. The van der Waals surface area contributed by atoms with E-state index < -0.39 is 18.1 Å². The van der Waals surface area contributed by atoms with Gasteiger partial charge in [-0.25, -0.2) is 9.59 Å². The number of amides is 2. The molecule has 4 aliphatic rings. The second-order valence-electron chi connectivity index (χ2n) is 12.8. The largest absolute Gasteiger partial charge is 0.480 e. The molecule has 0 aliphatic heterocycles. The molecule has 216 valence electrons. The zero-order valence-electron chi connectivity index (χ0n) is 23.5. The van der Waals surface area contributed by atoms with E-state index in [0.29, 0.717) is 30.3 Å². The predicted octanol–water partition coefficient (Wildman–Crippen LogP) is 6.73. The Hall–Kier alpha value is -1.79. The van der Waals surface area contributed by atoms with E-state index in [1.807, 2.05) is 0 Å². The summed E-state index contributed by atoms with van der Waals surface area (Å²) in [5, 5.41) is 16.0. The number of rotatable bonds is 10. The maximum Gasteiger partial charge on any atom is 0.407 e. The predicted molar refractivity (Wildman–Crippen MR) is 148 cm³/mol. The Morgan fingerprint density at radius 1 is 0.684 bits per heavy atom. The van der Waals surface area contributed by atoms with Crippen molar-refractivity contribution in [3.8, 4) is 0 Å². The molecule has 38 heavy (non-hydrogen) atoms. The summed E-state index contributed by atoms with van der Waals surface area (Å²) in [5.41, 5.74) is -0.247. The average Bonchev–Trinajstić information content (AvgIpc) is 2.96. The minimum absolute atomic E-state index is 0.230. The van der Waals surface area contributed by atoms with Crippen molar-refractivity contribution in [3.05, 3.63) is 0 Å². The number of nitrogens with one attached hydrogen (secondary N) is 2. The van der Waals surface area contributed by atoms with Crippen LogP contribution in [-0.2, 0) is 14.3 Å². The molecule has 2 amide bonds. The van der Waals surface area contributed by atoms with Crippen molar-refractivity contribution in [2.75, 3.05) is 6.61 Å². The van der Waals surface area contributed by atoms with Gasteiger partial charge in [0.1, 0.15) is 6.04 Å². The van der Waals surface area contributed by atoms with Gasteiger partial charge < -0.3 is 20.5 Å². The van der Waals surface area contributed by atoms with Gasteiger partial charge in [-0.2, -0.15) is 0 Å². The summed E-state index contributed by atoms with van der Waals surface area (Å²) in [5.74, 6) is 0.317. The van der Waals surface area contributed by atoms with Gasteiger partial charge >= 0.3 is 12.1 Å². The third kappa shape index (κ3) is 7.65. The molecule has 4 saturated carbocycles. The standard InChI is InChI=1S/C31H52N2O5/c34-28(21-27(29(35)36)32-30(37)38-22-23-13-5-1-6-14-23)33-31(24-15-7-2-8-16-24,25-17-9-3-10-18-25)26-19-11-4-12-20-26/h23-27H,1-22H2,(H,32,37)(H,33,34)(H,35,36). The first-order chi connectivity index (χ1) is 18.5. The van der Waals surface area contributed by atoms with E-state index in [0.717, 1.165) is 64.2 Å². The van der Waals surface area contributed by atoms with Crippen LogP contribution in [0.4, 0.5) is 4.79 Å². The molecule has 0 heterocycles. The second kappa shape index (κ2) is 14.6. The van der Waals surface area contributed by atoms with E-state index in [-0.39, 0.29) is 17.9 Å². The quantitative estimate of drug-likeness (QED) is 0.289. The molecule has 4 fully saturated rings. The summed E-state index contributed by atoms with van der Waals surface area (Å²) < 4.78 is 5.39. The van der Waals surface area contributed by atoms with Crippen molar-refractivity contribution in [1.29, 1.82) is 0 Å². The molecule has 0 spiro atoms. The van der Waals surface area contributed by atoms with Crippen LogP contribution in [0.5, 0.6) is 0 Å². The number of hydrogen-bond acceptors (Lipinski definition) is 4. The molecule has 0 aromatic rings. The van der Waals surface area contributed by atoms with Crippen LogP contribution in [0.2, 0.25) is 0 Å². The van der Waals surface area contributed by atoms with Gasteiger partial charge in [0.25, 0.3) is 0 Å². The fourth-order valence-electron chi connectivity index (χ4n) is 8.46. The monoisotopic (exact) mass is 532 g/mol. The molecule has 0 radical (unpaired) electrons. The van der Waals surface area contributed by atoms with Gasteiger partial charge in [0.15, 0.2) is 0 Å². The van der Waals surface area contributed by atoms with Gasteiger partial charge in [-0.15, -0.1) is 0 Å². The molecule has 0 saturated heterocycles. The smallest absolute Gasteiger partial charge is 0.407 e. The number of hydrogen-bond donors (Lipinski definition) is 3. The van der Waals surface area contributed by atoms with E-state index in [2.05, 4.69) is 10.6 Å². The molecule has 4 rings (SSSR count). The van der Waals surface area contributed by atoms with E-state index in [1.165, 1.54) is 64.2 Å². The summed E-state index contributed by atoms with van der Waals surface area (Å²) >= 11 is 0. The minimum Gasteiger partial charge on any atom is -0.480 e. The first-order valence-corrected chi connectivity index (χ1v) is 16.0. The Bertz CT molecular complexity index is 717. The Morgan fingerprint density at radius 3 is 1.53 bits per heavy atom. The number of carboxylic acid groups (broad SMARTS) is 1. The number of aliphatic carboxylic acids is 1. The van der Waals surface area contributed by atoms with E-state index in [4.69, 9.17) is 4.74 Å². The van der Waals surface area contributed by atoms with Crippen LogP contribution >= 0.6 is 0 Å². The lowest BCUT2D eigenvalue weighted by Gasteiger charge is -2.55. The van der Waals surface area contributed by atoms with Crippen molar-refractivity contribution < 1.29 is 24.2 Å². The van der Waals surface area contributed by atoms with Crippen LogP contribution < -0.4 is 10.6 Å².